The number of carboxylic acid groups (broad SMARTS) is 1. The number of anilines is 1. The van der Waals surface area contributed by atoms with Crippen molar-refractivity contribution in [1.29, 1.82) is 0 Å². The fourth-order valence-electron chi connectivity index (χ4n) is 1.55. The average molecular weight is 376 g/mol. The first-order valence-corrected chi connectivity index (χ1v) is 7.30. The Morgan fingerprint density at radius 1 is 1.45 bits per heavy atom. The molecule has 1 amide bonds. The van der Waals surface area contributed by atoms with Crippen LogP contribution in [0.3, 0.4) is 0 Å². The van der Waals surface area contributed by atoms with Crippen LogP contribution in [0.2, 0.25) is 5.02 Å². The summed E-state index contributed by atoms with van der Waals surface area (Å²) in [4.78, 5) is 23.2. The summed E-state index contributed by atoms with van der Waals surface area (Å²) in [5.41, 5.74) is 0.619. The van der Waals surface area contributed by atoms with E-state index >= 15 is 0 Å². The van der Waals surface area contributed by atoms with Crippen LogP contribution in [-0.4, -0.2) is 21.4 Å². The number of hydrogen-bond acceptors (Lipinski definition) is 4. The van der Waals surface area contributed by atoms with E-state index < -0.39 is 11.9 Å². The second-order valence-electron chi connectivity index (χ2n) is 3.86. The SMILES string of the molecule is Cc1nsc(NC(=O)c2ccc(Br)cc2Cl)c1C(=O)O. The Labute approximate surface area is 131 Å². The largest absolute Gasteiger partial charge is 0.478 e. The quantitative estimate of drug-likeness (QED) is 0.855. The summed E-state index contributed by atoms with van der Waals surface area (Å²) >= 11 is 10.1. The number of hydrogen-bond donors (Lipinski definition) is 2. The number of nitrogens with one attached hydrogen (secondary N) is 1. The van der Waals surface area contributed by atoms with E-state index in [4.69, 9.17) is 16.7 Å². The van der Waals surface area contributed by atoms with Gasteiger partial charge < -0.3 is 10.4 Å². The molecular formula is C12H8BrClN2O3S. The minimum absolute atomic E-state index is 0.00316. The zero-order chi connectivity index (χ0) is 14.9. The molecule has 0 unspecified atom stereocenters. The van der Waals surface area contributed by atoms with Gasteiger partial charge in [-0.2, -0.15) is 4.37 Å². The maximum Gasteiger partial charge on any atom is 0.340 e. The summed E-state index contributed by atoms with van der Waals surface area (Å²) in [6.07, 6.45) is 0. The molecule has 0 spiro atoms. The number of halogens is 2. The van der Waals surface area contributed by atoms with Gasteiger partial charge in [-0.25, -0.2) is 4.79 Å². The van der Waals surface area contributed by atoms with E-state index in [1.54, 1.807) is 25.1 Å². The van der Waals surface area contributed by atoms with Gasteiger partial charge in [-0.1, -0.05) is 27.5 Å². The Morgan fingerprint density at radius 2 is 2.15 bits per heavy atom. The number of rotatable bonds is 3. The van der Waals surface area contributed by atoms with Crippen molar-refractivity contribution in [2.24, 2.45) is 0 Å². The highest BCUT2D eigenvalue weighted by Crippen LogP contribution is 2.27. The molecule has 1 heterocycles. The molecule has 0 atom stereocenters. The van der Waals surface area contributed by atoms with Gasteiger partial charge in [0.1, 0.15) is 10.6 Å². The first kappa shape index (κ1) is 15.0. The molecule has 2 N–H and O–H groups in total. The fourth-order valence-corrected chi connectivity index (χ4v) is 3.09. The molecule has 5 nitrogen and oxygen atoms in total. The maximum atomic E-state index is 12.1. The van der Waals surface area contributed by atoms with Gasteiger partial charge >= 0.3 is 5.97 Å². The number of amides is 1. The summed E-state index contributed by atoms with van der Waals surface area (Å²) in [6.45, 7) is 1.57. The zero-order valence-corrected chi connectivity index (χ0v) is 13.3. The molecule has 0 fully saturated rings. The second-order valence-corrected chi connectivity index (χ2v) is 5.95. The van der Waals surface area contributed by atoms with Crippen molar-refractivity contribution in [3.63, 3.8) is 0 Å². The van der Waals surface area contributed by atoms with Crippen LogP contribution in [0.25, 0.3) is 0 Å². The third-order valence-electron chi connectivity index (χ3n) is 2.48. The number of aryl methyl sites for hydroxylation is 1. The Morgan fingerprint density at radius 3 is 2.75 bits per heavy atom. The average Bonchev–Trinajstić information content (AvgIpc) is 2.70. The van der Waals surface area contributed by atoms with E-state index in [1.807, 2.05) is 0 Å². The summed E-state index contributed by atoms with van der Waals surface area (Å²) in [6, 6.07) is 4.82. The molecule has 2 aromatic rings. The predicted octanol–water partition coefficient (Wildman–Crippen LogP) is 3.82. The lowest BCUT2D eigenvalue weighted by atomic mass is 10.2. The van der Waals surface area contributed by atoms with Gasteiger partial charge in [-0.3, -0.25) is 4.79 Å². The minimum Gasteiger partial charge on any atom is -0.478 e. The van der Waals surface area contributed by atoms with Crippen LogP contribution in [0.5, 0.6) is 0 Å². The first-order chi connectivity index (χ1) is 9.40. The van der Waals surface area contributed by atoms with Crippen molar-refractivity contribution < 1.29 is 14.7 Å². The van der Waals surface area contributed by atoms with Crippen LogP contribution < -0.4 is 5.32 Å². The van der Waals surface area contributed by atoms with Crippen LogP contribution in [-0.2, 0) is 0 Å². The molecular weight excluding hydrogens is 368 g/mol. The normalized spacial score (nSPS) is 10.3. The van der Waals surface area contributed by atoms with Gasteiger partial charge in [-0.15, -0.1) is 0 Å². The highest BCUT2D eigenvalue weighted by Gasteiger charge is 2.20. The lowest BCUT2D eigenvalue weighted by molar-refractivity contribution is 0.0697. The summed E-state index contributed by atoms with van der Waals surface area (Å²) in [7, 11) is 0. The summed E-state index contributed by atoms with van der Waals surface area (Å²) in [5, 5.41) is 12.1. The molecule has 8 heteroatoms. The zero-order valence-electron chi connectivity index (χ0n) is 10.1. The Balaban J connectivity index is 2.31. The van der Waals surface area contributed by atoms with Crippen molar-refractivity contribution >= 4 is 55.9 Å². The molecule has 0 aliphatic carbocycles. The minimum atomic E-state index is -1.13. The number of aromatic carboxylic acids is 1. The molecule has 0 aliphatic heterocycles. The molecule has 104 valence electrons. The van der Waals surface area contributed by atoms with E-state index in [0.717, 1.165) is 16.0 Å². The van der Waals surface area contributed by atoms with Gasteiger partial charge in [0.15, 0.2) is 0 Å². The lowest BCUT2D eigenvalue weighted by Gasteiger charge is -2.06. The van der Waals surface area contributed by atoms with Crippen LogP contribution in [0, 0.1) is 6.92 Å². The fraction of sp³-hybridized carbons (Fsp3) is 0.0833. The number of aromatic nitrogens is 1. The maximum absolute atomic E-state index is 12.1. The molecule has 0 aliphatic rings. The Hall–Kier alpha value is -1.44. The highest BCUT2D eigenvalue weighted by molar-refractivity contribution is 9.10. The molecule has 0 saturated carbocycles. The number of benzene rings is 1. The van der Waals surface area contributed by atoms with Gasteiger partial charge in [-0.05, 0) is 36.7 Å². The molecule has 0 bridgehead atoms. The van der Waals surface area contributed by atoms with Gasteiger partial charge in [0.2, 0.25) is 0 Å². The van der Waals surface area contributed by atoms with Gasteiger partial charge in [0.25, 0.3) is 5.91 Å². The van der Waals surface area contributed by atoms with Crippen LogP contribution in [0.4, 0.5) is 5.00 Å². The number of carbonyl (C=O) groups excluding carboxylic acids is 1. The molecule has 0 saturated heterocycles. The molecule has 1 aromatic heterocycles. The number of nitrogens with zero attached hydrogens (tertiary/aromatic N) is 1. The van der Waals surface area contributed by atoms with E-state index in [1.165, 1.54) is 0 Å². The standard InChI is InChI=1S/C12H8BrClN2O3S/c1-5-9(12(18)19)11(20-16-5)15-10(17)7-3-2-6(13)4-8(7)14/h2-4H,1H3,(H,15,17)(H,18,19). The van der Waals surface area contributed by atoms with Crippen molar-refractivity contribution in [1.82, 2.24) is 4.37 Å². The number of carbonyl (C=O) groups is 2. The Bertz CT molecular complexity index is 702. The highest BCUT2D eigenvalue weighted by atomic mass is 79.9. The third kappa shape index (κ3) is 3.00. The predicted molar refractivity (Wildman–Crippen MR) is 80.9 cm³/mol. The molecule has 1 aromatic carbocycles. The topological polar surface area (TPSA) is 79.3 Å². The van der Waals surface area contributed by atoms with Gasteiger partial charge in [0.05, 0.1) is 16.3 Å². The molecule has 0 radical (unpaired) electrons. The first-order valence-electron chi connectivity index (χ1n) is 5.36. The smallest absolute Gasteiger partial charge is 0.340 e. The van der Waals surface area contributed by atoms with E-state index in [0.29, 0.717) is 5.69 Å². The Kier molecular flexibility index (Phi) is 4.42. The second kappa shape index (κ2) is 5.90. The summed E-state index contributed by atoms with van der Waals surface area (Å²) in [5.74, 6) is -1.61. The van der Waals surface area contributed by atoms with E-state index in [-0.39, 0.29) is 21.2 Å². The molecule has 2 rings (SSSR count). The third-order valence-corrected chi connectivity index (χ3v) is 4.14. The van der Waals surface area contributed by atoms with Crippen molar-refractivity contribution in [3.05, 3.63) is 44.5 Å². The molecule has 20 heavy (non-hydrogen) atoms. The van der Waals surface area contributed by atoms with Crippen LogP contribution in [0.1, 0.15) is 26.4 Å². The van der Waals surface area contributed by atoms with Crippen molar-refractivity contribution in [2.75, 3.05) is 5.32 Å². The van der Waals surface area contributed by atoms with E-state index in [9.17, 15) is 9.59 Å². The monoisotopic (exact) mass is 374 g/mol. The number of carboxylic acids is 1. The summed E-state index contributed by atoms with van der Waals surface area (Å²) < 4.78 is 4.68. The van der Waals surface area contributed by atoms with E-state index in [2.05, 4.69) is 25.6 Å². The van der Waals surface area contributed by atoms with Crippen LogP contribution >= 0.6 is 39.1 Å². The van der Waals surface area contributed by atoms with Crippen molar-refractivity contribution in [3.8, 4) is 0 Å². The van der Waals surface area contributed by atoms with Gasteiger partial charge in [0, 0.05) is 4.47 Å². The lowest BCUT2D eigenvalue weighted by Crippen LogP contribution is -2.14. The van der Waals surface area contributed by atoms with Crippen molar-refractivity contribution in [2.45, 2.75) is 6.92 Å². The van der Waals surface area contributed by atoms with Crippen LogP contribution in [0.15, 0.2) is 22.7 Å².